The van der Waals surface area contributed by atoms with E-state index >= 15 is 0 Å². The fourth-order valence-electron chi connectivity index (χ4n) is 2.94. The van der Waals surface area contributed by atoms with Crippen molar-refractivity contribution in [2.24, 2.45) is 0 Å². The van der Waals surface area contributed by atoms with Gasteiger partial charge in [-0.25, -0.2) is 0 Å². The van der Waals surface area contributed by atoms with Crippen LogP contribution in [0, 0.1) is 29.6 Å². The molecule has 0 saturated carbocycles. The molecule has 0 N–H and O–H groups in total. The van der Waals surface area contributed by atoms with Crippen molar-refractivity contribution in [2.45, 2.75) is 20.0 Å². The van der Waals surface area contributed by atoms with Crippen LogP contribution in [0.5, 0.6) is 0 Å². The first kappa shape index (κ1) is 14.0. The van der Waals surface area contributed by atoms with Crippen LogP contribution in [0.3, 0.4) is 0 Å². The molecule has 0 fully saturated rings. The van der Waals surface area contributed by atoms with Crippen molar-refractivity contribution in [2.75, 3.05) is 16.8 Å². The van der Waals surface area contributed by atoms with Gasteiger partial charge < -0.3 is 9.80 Å². The van der Waals surface area contributed by atoms with Crippen molar-refractivity contribution in [3.8, 4) is 12.1 Å². The third-order valence-electron chi connectivity index (χ3n) is 4.20. The molecule has 2 aromatic carbocycles. The number of hydrogen-bond acceptors (Lipinski definition) is 4. The predicted octanol–water partition coefficient (Wildman–Crippen LogP) is 3.67. The van der Waals surface area contributed by atoms with Crippen molar-refractivity contribution in [1.82, 2.24) is 0 Å². The van der Waals surface area contributed by atoms with Crippen molar-refractivity contribution >= 4 is 17.1 Å². The second-order valence-electron chi connectivity index (χ2n) is 5.56. The highest BCUT2D eigenvalue weighted by Crippen LogP contribution is 2.45. The van der Waals surface area contributed by atoms with E-state index < -0.39 is 0 Å². The Morgan fingerprint density at radius 2 is 1.73 bits per heavy atom. The second-order valence-corrected chi connectivity index (χ2v) is 5.56. The van der Waals surface area contributed by atoms with Crippen LogP contribution in [-0.2, 0) is 0 Å². The molecule has 1 aliphatic heterocycles. The maximum absolute atomic E-state index is 9.41. The lowest BCUT2D eigenvalue weighted by atomic mass is 10.1. The van der Waals surface area contributed by atoms with Gasteiger partial charge in [-0.1, -0.05) is 17.7 Å². The van der Waals surface area contributed by atoms with Gasteiger partial charge in [0.15, 0.2) is 0 Å². The molecule has 0 spiro atoms. The molecule has 108 valence electrons. The minimum Gasteiger partial charge on any atom is -0.351 e. The second kappa shape index (κ2) is 5.09. The van der Waals surface area contributed by atoms with Crippen molar-refractivity contribution < 1.29 is 0 Å². The van der Waals surface area contributed by atoms with Crippen LogP contribution in [0.25, 0.3) is 0 Å². The fourth-order valence-corrected chi connectivity index (χ4v) is 2.94. The van der Waals surface area contributed by atoms with Crippen LogP contribution >= 0.6 is 0 Å². The zero-order valence-corrected chi connectivity index (χ0v) is 12.8. The molecule has 0 saturated heterocycles. The lowest BCUT2D eigenvalue weighted by Crippen LogP contribution is -2.35. The Bertz CT molecular complexity index is 809. The van der Waals surface area contributed by atoms with Gasteiger partial charge in [0.1, 0.15) is 12.2 Å². The Balaban J connectivity index is 2.23. The molecule has 1 heterocycles. The molecule has 4 heteroatoms. The average molecular weight is 288 g/mol. The van der Waals surface area contributed by atoms with E-state index in [0.29, 0.717) is 11.1 Å². The summed E-state index contributed by atoms with van der Waals surface area (Å²) >= 11 is 0. The first-order valence-corrected chi connectivity index (χ1v) is 7.14. The number of rotatable bonds is 1. The van der Waals surface area contributed by atoms with Gasteiger partial charge in [0, 0.05) is 12.7 Å². The van der Waals surface area contributed by atoms with Crippen molar-refractivity contribution in [3.63, 3.8) is 0 Å². The first-order valence-electron chi connectivity index (χ1n) is 7.14. The Morgan fingerprint density at radius 3 is 2.32 bits per heavy atom. The number of anilines is 3. The number of benzene rings is 2. The minimum atomic E-state index is 0.0822. The molecule has 1 atom stereocenters. The molecule has 0 amide bonds. The van der Waals surface area contributed by atoms with E-state index in [-0.39, 0.29) is 6.17 Å². The summed E-state index contributed by atoms with van der Waals surface area (Å²) in [6.45, 7) is 4.14. The highest BCUT2D eigenvalue weighted by molar-refractivity contribution is 5.88. The lowest BCUT2D eigenvalue weighted by molar-refractivity contribution is 0.733. The number of nitrogens with zero attached hydrogens (tertiary/aromatic N) is 4. The quantitative estimate of drug-likeness (QED) is 0.803. The highest BCUT2D eigenvalue weighted by Gasteiger charge is 2.34. The largest absolute Gasteiger partial charge is 0.351 e. The van der Waals surface area contributed by atoms with E-state index in [1.54, 1.807) is 6.07 Å². The van der Waals surface area contributed by atoms with Crippen LogP contribution in [0.1, 0.15) is 23.6 Å². The lowest BCUT2D eigenvalue weighted by Gasteiger charge is -2.27. The Hall–Kier alpha value is -2.98. The monoisotopic (exact) mass is 288 g/mol. The van der Waals surface area contributed by atoms with Crippen LogP contribution in [0.2, 0.25) is 0 Å². The van der Waals surface area contributed by atoms with E-state index in [0.717, 1.165) is 17.1 Å². The van der Waals surface area contributed by atoms with E-state index in [1.165, 1.54) is 5.56 Å². The summed E-state index contributed by atoms with van der Waals surface area (Å²) in [5.74, 6) is 0. The van der Waals surface area contributed by atoms with Gasteiger partial charge in [0.2, 0.25) is 0 Å². The maximum Gasteiger partial charge on any atom is 0.103 e. The molecular weight excluding hydrogens is 272 g/mol. The van der Waals surface area contributed by atoms with Gasteiger partial charge in [0.05, 0.1) is 28.6 Å². The molecule has 0 bridgehead atoms. The fraction of sp³-hybridized carbons (Fsp3) is 0.222. The first-order chi connectivity index (χ1) is 10.6. The molecule has 1 aliphatic rings. The van der Waals surface area contributed by atoms with Crippen LogP contribution in [0.4, 0.5) is 17.1 Å². The summed E-state index contributed by atoms with van der Waals surface area (Å²) in [5, 5.41) is 18.6. The summed E-state index contributed by atoms with van der Waals surface area (Å²) in [5.41, 5.74) is 5.10. The summed E-state index contributed by atoms with van der Waals surface area (Å²) in [6.07, 6.45) is 0.0822. The number of fused-ring (bicyclic) bond motifs is 1. The maximum atomic E-state index is 9.41. The van der Waals surface area contributed by atoms with E-state index in [2.05, 4.69) is 60.1 Å². The molecule has 3 rings (SSSR count). The van der Waals surface area contributed by atoms with E-state index in [1.807, 2.05) is 13.1 Å². The molecule has 0 aliphatic carbocycles. The van der Waals surface area contributed by atoms with Crippen LogP contribution in [0.15, 0.2) is 36.4 Å². The topological polar surface area (TPSA) is 54.1 Å². The normalized spacial score (nSPS) is 16.1. The zero-order chi connectivity index (χ0) is 15.9. The van der Waals surface area contributed by atoms with Crippen molar-refractivity contribution in [3.05, 3.63) is 53.1 Å². The Morgan fingerprint density at radius 1 is 1.05 bits per heavy atom. The number of nitriles is 2. The molecule has 0 aromatic heterocycles. The molecule has 4 nitrogen and oxygen atoms in total. The third kappa shape index (κ3) is 1.98. The number of aryl methyl sites for hydroxylation is 1. The highest BCUT2D eigenvalue weighted by atomic mass is 15.4. The Labute approximate surface area is 130 Å². The summed E-state index contributed by atoms with van der Waals surface area (Å²) in [6, 6.07) is 16.1. The summed E-state index contributed by atoms with van der Waals surface area (Å²) in [7, 11) is 1.98. The predicted molar refractivity (Wildman–Crippen MR) is 87.1 cm³/mol. The summed E-state index contributed by atoms with van der Waals surface area (Å²) < 4.78 is 0. The van der Waals surface area contributed by atoms with Crippen LogP contribution in [-0.4, -0.2) is 13.2 Å². The van der Waals surface area contributed by atoms with Gasteiger partial charge in [0.25, 0.3) is 0 Å². The van der Waals surface area contributed by atoms with Gasteiger partial charge in [-0.15, -0.1) is 0 Å². The average Bonchev–Trinajstić information content (AvgIpc) is 2.79. The van der Waals surface area contributed by atoms with Gasteiger partial charge in [-0.2, -0.15) is 10.5 Å². The minimum absolute atomic E-state index is 0.0822. The van der Waals surface area contributed by atoms with E-state index in [4.69, 9.17) is 0 Å². The van der Waals surface area contributed by atoms with Gasteiger partial charge in [-0.05, 0) is 38.1 Å². The molecular formula is C18H16N4. The molecule has 2 aromatic rings. The third-order valence-corrected chi connectivity index (χ3v) is 4.20. The zero-order valence-electron chi connectivity index (χ0n) is 12.8. The van der Waals surface area contributed by atoms with Crippen molar-refractivity contribution in [1.29, 1.82) is 10.5 Å². The molecule has 0 radical (unpaired) electrons. The SMILES string of the molecule is Cc1ccc(N2c3cc(C#N)cc(C#N)c3N(C)[C@@H]2C)cc1. The number of hydrogen-bond donors (Lipinski definition) is 0. The van der Waals surface area contributed by atoms with Gasteiger partial charge >= 0.3 is 0 Å². The summed E-state index contributed by atoms with van der Waals surface area (Å²) in [4.78, 5) is 4.24. The van der Waals surface area contributed by atoms with E-state index in [9.17, 15) is 10.5 Å². The molecule has 0 unspecified atom stereocenters. The van der Waals surface area contributed by atoms with Gasteiger partial charge in [-0.3, -0.25) is 0 Å². The molecule has 22 heavy (non-hydrogen) atoms. The van der Waals surface area contributed by atoms with Crippen LogP contribution < -0.4 is 9.80 Å². The smallest absolute Gasteiger partial charge is 0.103 e. The Kier molecular flexibility index (Phi) is 3.23. The standard InChI is InChI=1S/C18H16N4/c1-12-4-6-16(7-5-12)22-13(2)21(3)18-15(11-20)8-14(10-19)9-17(18)22/h4-9,13H,1-3H3/t13-/m0/s1.